The van der Waals surface area contributed by atoms with Gasteiger partial charge in [0.25, 0.3) is 0 Å². The van der Waals surface area contributed by atoms with Gasteiger partial charge in [0.2, 0.25) is 0 Å². The Kier molecular flexibility index (Phi) is 3.76. The van der Waals surface area contributed by atoms with Crippen LogP contribution in [0.5, 0.6) is 0 Å². The maximum Gasteiger partial charge on any atom is 0.320 e. The highest BCUT2D eigenvalue weighted by Crippen LogP contribution is 2.31. The van der Waals surface area contributed by atoms with Gasteiger partial charge >= 0.3 is 6.03 Å². The van der Waals surface area contributed by atoms with Gasteiger partial charge < -0.3 is 14.2 Å². The van der Waals surface area contributed by atoms with E-state index in [-0.39, 0.29) is 12.1 Å². The van der Waals surface area contributed by atoms with E-state index in [2.05, 4.69) is 0 Å². The van der Waals surface area contributed by atoms with Crippen molar-refractivity contribution >= 4 is 6.03 Å². The third-order valence-corrected chi connectivity index (χ3v) is 4.25. The average molecular weight is 262 g/mol. The van der Waals surface area contributed by atoms with Gasteiger partial charge in [0.05, 0.1) is 12.3 Å². The Balaban J connectivity index is 1.79. The van der Waals surface area contributed by atoms with E-state index in [1.807, 2.05) is 21.9 Å². The molecule has 3 heterocycles. The van der Waals surface area contributed by atoms with E-state index in [1.165, 1.54) is 12.8 Å². The van der Waals surface area contributed by atoms with Crippen molar-refractivity contribution in [2.45, 2.75) is 44.6 Å². The normalized spacial score (nSPS) is 24.5. The smallest absolute Gasteiger partial charge is 0.320 e. The summed E-state index contributed by atoms with van der Waals surface area (Å²) in [5.41, 5.74) is 0. The molecule has 2 aliphatic rings. The molecule has 1 atom stereocenters. The van der Waals surface area contributed by atoms with Crippen molar-refractivity contribution in [1.29, 1.82) is 0 Å². The monoisotopic (exact) mass is 262 g/mol. The Morgan fingerprint density at radius 3 is 2.63 bits per heavy atom. The van der Waals surface area contributed by atoms with Crippen LogP contribution in [0, 0.1) is 0 Å². The second-order valence-electron chi connectivity index (χ2n) is 5.55. The summed E-state index contributed by atoms with van der Waals surface area (Å²) in [6.07, 6.45) is 8.51. The first-order chi connectivity index (χ1) is 9.36. The highest BCUT2D eigenvalue weighted by atomic mass is 16.3. The summed E-state index contributed by atoms with van der Waals surface area (Å²) in [6, 6.07) is 4.25. The van der Waals surface area contributed by atoms with Crippen molar-refractivity contribution < 1.29 is 9.21 Å². The van der Waals surface area contributed by atoms with Crippen LogP contribution < -0.4 is 0 Å². The third-order valence-electron chi connectivity index (χ3n) is 4.25. The van der Waals surface area contributed by atoms with Crippen molar-refractivity contribution in [3.8, 4) is 0 Å². The minimum atomic E-state index is 0.130. The van der Waals surface area contributed by atoms with E-state index in [9.17, 15) is 4.79 Å². The summed E-state index contributed by atoms with van der Waals surface area (Å²) in [6.45, 7) is 2.70. The zero-order chi connectivity index (χ0) is 13.1. The first kappa shape index (κ1) is 12.6. The molecule has 0 aromatic carbocycles. The summed E-state index contributed by atoms with van der Waals surface area (Å²) in [7, 11) is 0. The van der Waals surface area contributed by atoms with Crippen LogP contribution in [0.1, 0.15) is 50.3 Å². The maximum atomic E-state index is 12.7. The van der Waals surface area contributed by atoms with Gasteiger partial charge in [-0.3, -0.25) is 0 Å². The molecule has 4 heteroatoms. The number of carbonyl (C=O) groups is 1. The van der Waals surface area contributed by atoms with E-state index in [1.54, 1.807) is 6.26 Å². The number of hydrogen-bond donors (Lipinski definition) is 0. The first-order valence-corrected chi connectivity index (χ1v) is 7.45. The number of carbonyl (C=O) groups excluding carboxylic acids is 1. The van der Waals surface area contributed by atoms with E-state index in [4.69, 9.17) is 4.42 Å². The van der Waals surface area contributed by atoms with Crippen LogP contribution in [0.2, 0.25) is 0 Å². The zero-order valence-corrected chi connectivity index (χ0v) is 11.4. The molecule has 2 aliphatic heterocycles. The molecule has 0 radical (unpaired) electrons. The Hall–Kier alpha value is -1.45. The summed E-state index contributed by atoms with van der Waals surface area (Å²) in [5, 5.41) is 0. The Bertz CT molecular complexity index is 410. The molecular formula is C15H22N2O2. The van der Waals surface area contributed by atoms with Crippen molar-refractivity contribution in [3.63, 3.8) is 0 Å². The molecule has 2 saturated heterocycles. The second-order valence-corrected chi connectivity index (χ2v) is 5.55. The molecule has 0 N–H and O–H groups in total. The van der Waals surface area contributed by atoms with Crippen LogP contribution in [0.15, 0.2) is 22.8 Å². The lowest BCUT2D eigenvalue weighted by Gasteiger charge is -2.32. The maximum absolute atomic E-state index is 12.7. The molecule has 0 bridgehead atoms. The molecule has 2 fully saturated rings. The zero-order valence-electron chi connectivity index (χ0n) is 11.4. The van der Waals surface area contributed by atoms with Gasteiger partial charge in [0, 0.05) is 19.6 Å². The first-order valence-electron chi connectivity index (χ1n) is 7.45. The molecular weight excluding hydrogens is 240 g/mol. The fourth-order valence-electron chi connectivity index (χ4n) is 3.20. The molecule has 1 aromatic heterocycles. The molecule has 104 valence electrons. The summed E-state index contributed by atoms with van der Waals surface area (Å²) in [4.78, 5) is 16.7. The molecule has 0 unspecified atom stereocenters. The fraction of sp³-hybridized carbons (Fsp3) is 0.667. The highest BCUT2D eigenvalue weighted by Gasteiger charge is 2.32. The van der Waals surface area contributed by atoms with Crippen LogP contribution in [0.3, 0.4) is 0 Å². The van der Waals surface area contributed by atoms with Crippen LogP contribution in [0.25, 0.3) is 0 Å². The summed E-state index contributed by atoms with van der Waals surface area (Å²) in [5.74, 6) is 0.939. The van der Waals surface area contributed by atoms with Crippen molar-refractivity contribution in [1.82, 2.24) is 9.80 Å². The fourth-order valence-corrected chi connectivity index (χ4v) is 3.20. The lowest BCUT2D eigenvalue weighted by molar-refractivity contribution is 0.135. The highest BCUT2D eigenvalue weighted by molar-refractivity contribution is 5.75. The number of amides is 2. The van der Waals surface area contributed by atoms with Crippen LogP contribution in [-0.4, -0.2) is 35.5 Å². The number of likely N-dealkylation sites (tertiary alicyclic amines) is 2. The van der Waals surface area contributed by atoms with Gasteiger partial charge in [-0.25, -0.2) is 4.79 Å². The quantitative estimate of drug-likeness (QED) is 0.777. The van der Waals surface area contributed by atoms with Crippen molar-refractivity contribution in [3.05, 3.63) is 24.2 Å². The number of rotatable bonds is 1. The standard InChI is InChI=1S/C15H22N2O2/c18-15(16-9-4-5-10-16)17-11-3-1-2-7-13(17)14-8-6-12-19-14/h6,8,12-13H,1-5,7,9-11H2/t13-/m1/s1. The number of furan rings is 1. The third kappa shape index (κ3) is 2.62. The lowest BCUT2D eigenvalue weighted by atomic mass is 10.1. The molecule has 0 aliphatic carbocycles. The largest absolute Gasteiger partial charge is 0.467 e. The Morgan fingerprint density at radius 1 is 1.11 bits per heavy atom. The Labute approximate surface area is 114 Å². The SMILES string of the molecule is O=C(N1CCCC1)N1CCCCC[C@@H]1c1ccco1. The summed E-state index contributed by atoms with van der Waals surface area (Å²) >= 11 is 0. The van der Waals surface area contributed by atoms with Gasteiger partial charge in [0.15, 0.2) is 0 Å². The van der Waals surface area contributed by atoms with E-state index in [0.717, 1.165) is 51.1 Å². The Morgan fingerprint density at radius 2 is 1.89 bits per heavy atom. The topological polar surface area (TPSA) is 36.7 Å². The second kappa shape index (κ2) is 5.68. The molecule has 0 saturated carbocycles. The number of urea groups is 1. The van der Waals surface area contributed by atoms with Gasteiger partial charge in [-0.05, 0) is 37.8 Å². The van der Waals surface area contributed by atoms with Gasteiger partial charge in [-0.2, -0.15) is 0 Å². The molecule has 19 heavy (non-hydrogen) atoms. The number of nitrogens with zero attached hydrogens (tertiary/aromatic N) is 2. The van der Waals surface area contributed by atoms with E-state index >= 15 is 0 Å². The van der Waals surface area contributed by atoms with Gasteiger partial charge in [-0.1, -0.05) is 12.8 Å². The molecule has 1 aromatic rings. The molecule has 2 amide bonds. The van der Waals surface area contributed by atoms with E-state index in [0.29, 0.717) is 0 Å². The van der Waals surface area contributed by atoms with Gasteiger partial charge in [-0.15, -0.1) is 0 Å². The van der Waals surface area contributed by atoms with Crippen LogP contribution in [-0.2, 0) is 0 Å². The predicted octanol–water partition coefficient (Wildman–Crippen LogP) is 3.41. The average Bonchev–Trinajstić information content (AvgIpc) is 3.08. The van der Waals surface area contributed by atoms with Crippen molar-refractivity contribution in [2.24, 2.45) is 0 Å². The number of hydrogen-bond acceptors (Lipinski definition) is 2. The lowest BCUT2D eigenvalue weighted by Crippen LogP contribution is -2.43. The summed E-state index contributed by atoms with van der Waals surface area (Å²) < 4.78 is 5.56. The van der Waals surface area contributed by atoms with Gasteiger partial charge in [0.1, 0.15) is 5.76 Å². The van der Waals surface area contributed by atoms with E-state index < -0.39 is 0 Å². The van der Waals surface area contributed by atoms with Crippen molar-refractivity contribution in [2.75, 3.05) is 19.6 Å². The van der Waals surface area contributed by atoms with Crippen LogP contribution >= 0.6 is 0 Å². The minimum Gasteiger partial charge on any atom is -0.467 e. The molecule has 3 rings (SSSR count). The predicted molar refractivity (Wildman–Crippen MR) is 72.8 cm³/mol. The minimum absolute atomic E-state index is 0.130. The molecule has 4 nitrogen and oxygen atoms in total. The van der Waals surface area contributed by atoms with Crippen LogP contribution in [0.4, 0.5) is 4.79 Å². The molecule has 0 spiro atoms.